The van der Waals surface area contributed by atoms with Gasteiger partial charge < -0.3 is 19.9 Å². The lowest BCUT2D eigenvalue weighted by atomic mass is 9.78. The van der Waals surface area contributed by atoms with E-state index in [-0.39, 0.29) is 31.2 Å². The van der Waals surface area contributed by atoms with Crippen LogP contribution in [0.3, 0.4) is 0 Å². The number of thiazole rings is 1. The number of amides is 1. The lowest BCUT2D eigenvalue weighted by molar-refractivity contribution is -0.133. The molecule has 1 N–H and O–H groups in total. The summed E-state index contributed by atoms with van der Waals surface area (Å²) in [5, 5.41) is 3.98. The van der Waals surface area contributed by atoms with Gasteiger partial charge in [0.2, 0.25) is 0 Å². The van der Waals surface area contributed by atoms with E-state index < -0.39 is 35.5 Å². The number of Topliss-reactive ketones (excluding diaryl/α,β-unsaturated/α-hetero) is 1. The standard InChI is InChI=1S/C32H39F2N5O4S/c1-20-27(35-31(44-20)38-14-12-37(2)13-15-38)21-8-10-22(11-9-21)30(42)36-32(19-40,23-6-4-3-5-7-23)39-17-24(25(34)16-33)29-28(39)26(41)18-43-29/h8-11,16,19,23-24,28-29H,3-7,12-15,17-18H2,1-2H3,(H,36,42)/b25-16-. The maximum atomic E-state index is 14.7. The summed E-state index contributed by atoms with van der Waals surface area (Å²) in [6.45, 7) is 5.50. The number of fused-ring (bicyclic) bond motifs is 1. The number of benzene rings is 1. The first-order valence-electron chi connectivity index (χ1n) is 15.4. The smallest absolute Gasteiger partial charge is 0.253 e. The van der Waals surface area contributed by atoms with Crippen molar-refractivity contribution < 1.29 is 27.9 Å². The molecule has 1 aromatic carbocycles. The summed E-state index contributed by atoms with van der Waals surface area (Å²) in [5.41, 5.74) is 0.532. The van der Waals surface area contributed by atoms with E-state index in [1.807, 2.05) is 19.1 Å². The Hall–Kier alpha value is -3.06. The van der Waals surface area contributed by atoms with Crippen molar-refractivity contribution in [2.75, 3.05) is 51.3 Å². The van der Waals surface area contributed by atoms with E-state index >= 15 is 0 Å². The van der Waals surface area contributed by atoms with Crippen molar-refractivity contribution in [3.63, 3.8) is 0 Å². The molecule has 4 atom stereocenters. The number of halogens is 2. The van der Waals surface area contributed by atoms with E-state index in [2.05, 4.69) is 22.2 Å². The fourth-order valence-corrected chi connectivity index (χ4v) is 8.30. The van der Waals surface area contributed by atoms with Crippen LogP contribution in [0.25, 0.3) is 11.3 Å². The van der Waals surface area contributed by atoms with Crippen molar-refractivity contribution in [3.8, 4) is 11.3 Å². The number of carbonyl (C=O) groups excluding carboxylic acids is 3. The monoisotopic (exact) mass is 627 g/mol. The molecule has 4 heterocycles. The maximum Gasteiger partial charge on any atom is 0.253 e. The van der Waals surface area contributed by atoms with E-state index in [1.165, 1.54) is 0 Å². The van der Waals surface area contributed by atoms with Gasteiger partial charge in [-0.1, -0.05) is 31.4 Å². The van der Waals surface area contributed by atoms with E-state index in [1.54, 1.807) is 28.4 Å². The second kappa shape index (κ2) is 12.7. The van der Waals surface area contributed by atoms with Crippen LogP contribution in [0.5, 0.6) is 0 Å². The topological polar surface area (TPSA) is 95.1 Å². The number of ether oxygens (including phenoxy) is 1. The molecule has 1 aromatic heterocycles. The van der Waals surface area contributed by atoms with Crippen LogP contribution in [0, 0.1) is 18.8 Å². The number of likely N-dealkylation sites (tertiary alicyclic amines) is 1. The number of hydrogen-bond acceptors (Lipinski definition) is 9. The van der Waals surface area contributed by atoms with Crippen molar-refractivity contribution in [1.29, 1.82) is 0 Å². The first kappa shape index (κ1) is 30.9. The number of anilines is 1. The Morgan fingerprint density at radius 1 is 1.14 bits per heavy atom. The third-order valence-electron chi connectivity index (χ3n) is 9.82. The summed E-state index contributed by atoms with van der Waals surface area (Å²) < 4.78 is 33.6. The zero-order valence-electron chi connectivity index (χ0n) is 25.1. The Morgan fingerprint density at radius 3 is 2.50 bits per heavy atom. The molecule has 0 bridgehead atoms. The lowest BCUT2D eigenvalue weighted by Gasteiger charge is -2.47. The number of nitrogens with one attached hydrogen (secondary N) is 1. The molecule has 236 valence electrons. The zero-order chi connectivity index (χ0) is 31.0. The number of nitrogens with zero attached hydrogens (tertiary/aromatic N) is 4. The Bertz CT molecular complexity index is 1420. The van der Waals surface area contributed by atoms with Gasteiger partial charge in [-0.3, -0.25) is 19.3 Å². The Balaban J connectivity index is 1.26. The average molecular weight is 628 g/mol. The number of piperazine rings is 1. The molecule has 1 aliphatic carbocycles. The van der Waals surface area contributed by atoms with E-state index in [0.717, 1.165) is 66.7 Å². The molecule has 1 amide bonds. The van der Waals surface area contributed by atoms with Crippen molar-refractivity contribution in [1.82, 2.24) is 20.1 Å². The Labute approximate surface area is 260 Å². The minimum absolute atomic E-state index is 0.112. The highest BCUT2D eigenvalue weighted by molar-refractivity contribution is 7.16. The normalized spacial score (nSPS) is 26.9. The molecule has 12 heteroatoms. The molecule has 4 unspecified atom stereocenters. The summed E-state index contributed by atoms with van der Waals surface area (Å²) in [7, 11) is 2.12. The van der Waals surface area contributed by atoms with Crippen molar-refractivity contribution in [3.05, 3.63) is 46.9 Å². The van der Waals surface area contributed by atoms with Crippen LogP contribution in [0.4, 0.5) is 13.9 Å². The summed E-state index contributed by atoms with van der Waals surface area (Å²) in [6.07, 6.45) is 3.70. The molecular weight excluding hydrogens is 588 g/mol. The minimum atomic E-state index is -1.57. The van der Waals surface area contributed by atoms with Crippen LogP contribution >= 0.6 is 11.3 Å². The Morgan fingerprint density at radius 2 is 1.84 bits per heavy atom. The third-order valence-corrected chi connectivity index (χ3v) is 10.9. The van der Waals surface area contributed by atoms with Gasteiger partial charge in [0.15, 0.2) is 22.9 Å². The lowest BCUT2D eigenvalue weighted by Crippen LogP contribution is -2.68. The largest absolute Gasteiger partial charge is 0.367 e. The molecule has 6 rings (SSSR count). The van der Waals surface area contributed by atoms with Crippen molar-refractivity contribution in [2.45, 2.75) is 56.8 Å². The first-order chi connectivity index (χ1) is 21.3. The van der Waals surface area contributed by atoms with Gasteiger partial charge in [-0.15, -0.1) is 11.3 Å². The van der Waals surface area contributed by atoms with Crippen LogP contribution in [0.1, 0.15) is 47.3 Å². The number of rotatable bonds is 8. The Kier molecular flexibility index (Phi) is 8.96. The number of ketones is 1. The highest BCUT2D eigenvalue weighted by Gasteiger charge is 2.60. The quantitative estimate of drug-likeness (QED) is 0.437. The predicted molar refractivity (Wildman–Crippen MR) is 164 cm³/mol. The zero-order valence-corrected chi connectivity index (χ0v) is 26.0. The summed E-state index contributed by atoms with van der Waals surface area (Å²) >= 11 is 1.66. The fraction of sp³-hybridized carbons (Fsp3) is 0.562. The van der Waals surface area contributed by atoms with Gasteiger partial charge in [0, 0.05) is 54.6 Å². The van der Waals surface area contributed by atoms with E-state index in [0.29, 0.717) is 24.7 Å². The van der Waals surface area contributed by atoms with Gasteiger partial charge in [-0.25, -0.2) is 13.8 Å². The first-order valence-corrected chi connectivity index (χ1v) is 16.2. The maximum absolute atomic E-state index is 14.7. The van der Waals surface area contributed by atoms with Crippen molar-refractivity contribution in [2.24, 2.45) is 11.8 Å². The van der Waals surface area contributed by atoms with Gasteiger partial charge in [-0.05, 0) is 38.9 Å². The molecule has 0 spiro atoms. The highest BCUT2D eigenvalue weighted by Crippen LogP contribution is 2.44. The number of aryl methyl sites for hydroxylation is 1. The summed E-state index contributed by atoms with van der Waals surface area (Å²) in [6, 6.07) is 6.17. The summed E-state index contributed by atoms with van der Waals surface area (Å²) in [4.78, 5) is 52.2. The SMILES string of the molecule is Cc1sc(N2CCN(C)CC2)nc1-c1ccc(C(=O)NC(C=O)(C2CCCCC2)N2CC(/C(F)=C/F)C3OCC(=O)C32)cc1. The van der Waals surface area contributed by atoms with Gasteiger partial charge in [0.25, 0.3) is 5.91 Å². The number of aldehydes is 1. The molecule has 3 aliphatic heterocycles. The number of carbonyl (C=O) groups is 3. The molecule has 3 saturated heterocycles. The molecular formula is C32H39F2N5O4S. The van der Waals surface area contributed by atoms with Crippen LogP contribution in [0.15, 0.2) is 36.4 Å². The molecule has 1 saturated carbocycles. The van der Waals surface area contributed by atoms with Gasteiger partial charge in [-0.2, -0.15) is 0 Å². The number of hydrogen-bond donors (Lipinski definition) is 1. The van der Waals surface area contributed by atoms with Crippen LogP contribution in [-0.2, 0) is 14.3 Å². The summed E-state index contributed by atoms with van der Waals surface area (Å²) in [5.74, 6) is -3.16. The third kappa shape index (κ3) is 5.61. The van der Waals surface area contributed by atoms with E-state index in [9.17, 15) is 23.2 Å². The van der Waals surface area contributed by atoms with Crippen LogP contribution in [0.2, 0.25) is 0 Å². The average Bonchev–Trinajstić information content (AvgIpc) is 3.75. The van der Waals surface area contributed by atoms with Crippen LogP contribution in [-0.4, -0.2) is 96.9 Å². The van der Waals surface area contributed by atoms with E-state index in [4.69, 9.17) is 9.72 Å². The minimum Gasteiger partial charge on any atom is -0.367 e. The molecule has 44 heavy (non-hydrogen) atoms. The van der Waals surface area contributed by atoms with Gasteiger partial charge in [0.05, 0.1) is 17.7 Å². The molecule has 4 aliphatic rings. The predicted octanol–water partition coefficient (Wildman–Crippen LogP) is 4.12. The van der Waals surface area contributed by atoms with Crippen molar-refractivity contribution >= 4 is 34.4 Å². The number of likely N-dealkylation sites (N-methyl/N-ethyl adjacent to an activating group) is 1. The van der Waals surface area contributed by atoms with Gasteiger partial charge >= 0.3 is 0 Å². The van der Waals surface area contributed by atoms with Gasteiger partial charge in [0.1, 0.15) is 24.8 Å². The molecule has 4 fully saturated rings. The highest BCUT2D eigenvalue weighted by atomic mass is 32.1. The fourth-order valence-electron chi connectivity index (χ4n) is 7.32. The second-order valence-electron chi connectivity index (χ2n) is 12.4. The van der Waals surface area contributed by atoms with Crippen LogP contribution < -0.4 is 10.2 Å². The molecule has 9 nitrogen and oxygen atoms in total. The number of aromatic nitrogens is 1. The molecule has 2 aromatic rings. The second-order valence-corrected chi connectivity index (χ2v) is 13.6. The molecule has 0 radical (unpaired) electrons.